The number of hydrogen-bond donors (Lipinski definition) is 1. The lowest BCUT2D eigenvalue weighted by Gasteiger charge is -2.31. The number of carbonyl (C=O) groups is 1. The molecule has 1 N–H and O–H groups in total. The van der Waals surface area contributed by atoms with Gasteiger partial charge in [-0.15, -0.1) is 0 Å². The van der Waals surface area contributed by atoms with Crippen LogP contribution in [0, 0.1) is 22.7 Å². The van der Waals surface area contributed by atoms with Crippen LogP contribution in [-0.2, 0) is 0 Å². The van der Waals surface area contributed by atoms with Gasteiger partial charge in [-0.25, -0.2) is 4.79 Å². The van der Waals surface area contributed by atoms with Crippen LogP contribution in [0.1, 0.15) is 33.6 Å². The number of likely N-dealkylation sites (tertiary alicyclic amines) is 1. The quantitative estimate of drug-likeness (QED) is 0.778. The van der Waals surface area contributed by atoms with Crippen molar-refractivity contribution in [3.8, 4) is 6.07 Å². The van der Waals surface area contributed by atoms with Gasteiger partial charge in [0.05, 0.1) is 11.5 Å². The van der Waals surface area contributed by atoms with E-state index in [-0.39, 0.29) is 6.03 Å². The van der Waals surface area contributed by atoms with Crippen LogP contribution >= 0.6 is 0 Å². The first-order chi connectivity index (χ1) is 7.44. The van der Waals surface area contributed by atoms with E-state index in [0.29, 0.717) is 6.54 Å². The molecule has 1 fully saturated rings. The van der Waals surface area contributed by atoms with Gasteiger partial charge in [0.15, 0.2) is 0 Å². The Hall–Kier alpha value is -1.24. The van der Waals surface area contributed by atoms with Crippen molar-refractivity contribution >= 4 is 6.03 Å². The predicted molar refractivity (Wildman–Crippen MR) is 62.8 cm³/mol. The average molecular weight is 223 g/mol. The summed E-state index contributed by atoms with van der Waals surface area (Å²) in [4.78, 5) is 13.6. The Morgan fingerprint density at radius 2 is 2.06 bits per heavy atom. The van der Waals surface area contributed by atoms with Gasteiger partial charge in [0, 0.05) is 19.6 Å². The summed E-state index contributed by atoms with van der Waals surface area (Å²) in [6.07, 6.45) is 2.16. The largest absolute Gasteiger partial charge is 0.336 e. The number of nitrogens with zero attached hydrogens (tertiary/aromatic N) is 2. The second kappa shape index (κ2) is 5.20. The molecule has 1 aliphatic heterocycles. The number of hydrogen-bond acceptors (Lipinski definition) is 2. The molecule has 2 amide bonds. The van der Waals surface area contributed by atoms with Crippen LogP contribution in [0.4, 0.5) is 4.79 Å². The van der Waals surface area contributed by atoms with E-state index in [1.165, 1.54) is 0 Å². The first-order valence-electron chi connectivity index (χ1n) is 5.88. The molecule has 16 heavy (non-hydrogen) atoms. The number of urea groups is 1. The highest BCUT2D eigenvalue weighted by atomic mass is 16.2. The summed E-state index contributed by atoms with van der Waals surface area (Å²) in [6.45, 7) is 7.94. The number of rotatable bonds is 2. The van der Waals surface area contributed by atoms with Crippen LogP contribution in [0.2, 0.25) is 0 Å². The fraction of sp³-hybridized carbons (Fsp3) is 0.833. The van der Waals surface area contributed by atoms with Crippen molar-refractivity contribution in [1.29, 1.82) is 5.26 Å². The van der Waals surface area contributed by atoms with Gasteiger partial charge in [-0.1, -0.05) is 6.92 Å². The van der Waals surface area contributed by atoms with E-state index in [2.05, 4.69) is 18.3 Å². The van der Waals surface area contributed by atoms with Gasteiger partial charge in [0.25, 0.3) is 0 Å². The monoisotopic (exact) mass is 223 g/mol. The van der Waals surface area contributed by atoms with Gasteiger partial charge < -0.3 is 10.2 Å². The maximum absolute atomic E-state index is 11.8. The SMILES string of the molecule is CC1CCN(C(=O)NCC(C)(C)C#N)CC1. The third-order valence-corrected chi connectivity index (χ3v) is 3.06. The van der Waals surface area contributed by atoms with E-state index < -0.39 is 5.41 Å². The zero-order chi connectivity index (χ0) is 12.2. The molecular weight excluding hydrogens is 202 g/mol. The van der Waals surface area contributed by atoms with Crippen molar-refractivity contribution < 1.29 is 4.79 Å². The lowest BCUT2D eigenvalue weighted by Crippen LogP contribution is -2.46. The summed E-state index contributed by atoms with van der Waals surface area (Å²) < 4.78 is 0. The number of nitriles is 1. The lowest BCUT2D eigenvalue weighted by molar-refractivity contribution is 0.171. The van der Waals surface area contributed by atoms with Crippen molar-refractivity contribution in [2.24, 2.45) is 11.3 Å². The first kappa shape index (κ1) is 12.8. The van der Waals surface area contributed by atoms with Crippen LogP contribution in [0.15, 0.2) is 0 Å². The van der Waals surface area contributed by atoms with E-state index >= 15 is 0 Å². The van der Waals surface area contributed by atoms with Crippen molar-refractivity contribution in [2.45, 2.75) is 33.6 Å². The first-order valence-corrected chi connectivity index (χ1v) is 5.88. The zero-order valence-corrected chi connectivity index (χ0v) is 10.4. The Balaban J connectivity index is 2.34. The maximum Gasteiger partial charge on any atom is 0.317 e. The summed E-state index contributed by atoms with van der Waals surface area (Å²) in [5.74, 6) is 0.722. The van der Waals surface area contributed by atoms with Crippen molar-refractivity contribution in [2.75, 3.05) is 19.6 Å². The van der Waals surface area contributed by atoms with Crippen LogP contribution in [0.3, 0.4) is 0 Å². The van der Waals surface area contributed by atoms with Gasteiger partial charge in [-0.3, -0.25) is 0 Å². The van der Waals surface area contributed by atoms with Crippen LogP contribution in [0.25, 0.3) is 0 Å². The zero-order valence-electron chi connectivity index (χ0n) is 10.4. The van der Waals surface area contributed by atoms with Gasteiger partial charge in [0.2, 0.25) is 0 Å². The molecule has 0 spiro atoms. The smallest absolute Gasteiger partial charge is 0.317 e. The molecule has 0 saturated carbocycles. The Kier molecular flexibility index (Phi) is 4.17. The highest BCUT2D eigenvalue weighted by molar-refractivity contribution is 5.74. The van der Waals surface area contributed by atoms with E-state index in [0.717, 1.165) is 31.8 Å². The van der Waals surface area contributed by atoms with E-state index in [9.17, 15) is 4.79 Å². The minimum atomic E-state index is -0.487. The Morgan fingerprint density at radius 1 is 1.50 bits per heavy atom. The summed E-state index contributed by atoms with van der Waals surface area (Å²) in [5, 5.41) is 11.7. The molecule has 0 aromatic carbocycles. The predicted octanol–water partition coefficient (Wildman–Crippen LogP) is 1.98. The minimum Gasteiger partial charge on any atom is -0.336 e. The third kappa shape index (κ3) is 3.73. The second-order valence-corrected chi connectivity index (χ2v) is 5.32. The van der Waals surface area contributed by atoms with E-state index in [4.69, 9.17) is 5.26 Å². The molecule has 1 rings (SSSR count). The molecule has 4 heteroatoms. The molecular formula is C12H21N3O. The number of amides is 2. The molecule has 1 saturated heterocycles. The molecule has 0 bridgehead atoms. The Morgan fingerprint density at radius 3 is 2.56 bits per heavy atom. The number of nitrogens with one attached hydrogen (secondary N) is 1. The molecule has 0 unspecified atom stereocenters. The summed E-state index contributed by atoms with van der Waals surface area (Å²) >= 11 is 0. The van der Waals surface area contributed by atoms with Gasteiger partial charge in [-0.2, -0.15) is 5.26 Å². The average Bonchev–Trinajstić information content (AvgIpc) is 2.27. The second-order valence-electron chi connectivity index (χ2n) is 5.32. The standard InChI is InChI=1S/C12H21N3O/c1-10-4-6-15(7-5-10)11(16)14-9-12(2,3)8-13/h10H,4-7,9H2,1-3H3,(H,14,16). The topological polar surface area (TPSA) is 56.1 Å². The lowest BCUT2D eigenvalue weighted by atomic mass is 9.96. The van der Waals surface area contributed by atoms with Crippen molar-refractivity contribution in [1.82, 2.24) is 10.2 Å². The molecule has 0 atom stereocenters. The van der Waals surface area contributed by atoms with Gasteiger partial charge in [-0.05, 0) is 32.6 Å². The van der Waals surface area contributed by atoms with Crippen LogP contribution in [0.5, 0.6) is 0 Å². The molecule has 90 valence electrons. The van der Waals surface area contributed by atoms with Crippen molar-refractivity contribution in [3.63, 3.8) is 0 Å². The van der Waals surface area contributed by atoms with E-state index in [1.807, 2.05) is 18.7 Å². The molecule has 4 nitrogen and oxygen atoms in total. The molecule has 0 aromatic heterocycles. The van der Waals surface area contributed by atoms with Crippen molar-refractivity contribution in [3.05, 3.63) is 0 Å². The van der Waals surface area contributed by atoms with Crippen LogP contribution in [-0.4, -0.2) is 30.6 Å². The molecule has 1 aliphatic rings. The highest BCUT2D eigenvalue weighted by Crippen LogP contribution is 2.16. The van der Waals surface area contributed by atoms with Crippen LogP contribution < -0.4 is 5.32 Å². The van der Waals surface area contributed by atoms with E-state index in [1.54, 1.807) is 0 Å². The number of piperidine rings is 1. The summed E-state index contributed by atoms with van der Waals surface area (Å²) in [7, 11) is 0. The summed E-state index contributed by atoms with van der Waals surface area (Å²) in [6, 6.07) is 2.14. The molecule has 1 heterocycles. The molecule has 0 aromatic rings. The van der Waals surface area contributed by atoms with Gasteiger partial charge in [0.1, 0.15) is 0 Å². The Labute approximate surface area is 97.6 Å². The molecule has 0 radical (unpaired) electrons. The fourth-order valence-electron chi connectivity index (χ4n) is 1.66. The third-order valence-electron chi connectivity index (χ3n) is 3.06. The maximum atomic E-state index is 11.8. The normalized spacial score (nSPS) is 18.0. The fourth-order valence-corrected chi connectivity index (χ4v) is 1.66. The minimum absolute atomic E-state index is 0.0322. The number of carbonyl (C=O) groups excluding carboxylic acids is 1. The molecule has 0 aliphatic carbocycles. The summed E-state index contributed by atoms with van der Waals surface area (Å²) in [5.41, 5.74) is -0.487. The van der Waals surface area contributed by atoms with Gasteiger partial charge >= 0.3 is 6.03 Å². The highest BCUT2D eigenvalue weighted by Gasteiger charge is 2.23. The Bertz CT molecular complexity index is 285.